The van der Waals surface area contributed by atoms with Crippen molar-refractivity contribution in [2.75, 3.05) is 6.54 Å². The molecule has 1 fully saturated rings. The van der Waals surface area contributed by atoms with Gasteiger partial charge in [-0.2, -0.15) is 4.98 Å². The van der Waals surface area contributed by atoms with Gasteiger partial charge in [-0.05, 0) is 53.9 Å². The number of rotatable bonds is 3. The molecule has 100 valence electrons. The molecule has 1 saturated heterocycles. The highest BCUT2D eigenvalue weighted by Crippen LogP contribution is 2.33. The minimum absolute atomic E-state index is 0.386. The molecule has 1 aliphatic rings. The third kappa shape index (κ3) is 2.84. The highest BCUT2D eigenvalue weighted by molar-refractivity contribution is 9.10. The predicted molar refractivity (Wildman–Crippen MR) is 73.4 cm³/mol. The van der Waals surface area contributed by atoms with Crippen molar-refractivity contribution in [1.82, 2.24) is 20.0 Å². The van der Waals surface area contributed by atoms with E-state index in [2.05, 4.69) is 42.0 Å². The minimum atomic E-state index is 0.386. The molecule has 3 heterocycles. The molecule has 2 aromatic rings. The SMILES string of the molecule is Cc1noc(CN2CCCC2c2cncc(Br)c2)n1. The lowest BCUT2D eigenvalue weighted by Gasteiger charge is -2.22. The van der Waals surface area contributed by atoms with Crippen molar-refractivity contribution in [2.45, 2.75) is 32.4 Å². The molecule has 3 rings (SSSR count). The second-order valence-corrected chi connectivity index (χ2v) is 5.72. The Morgan fingerprint density at radius 2 is 2.37 bits per heavy atom. The zero-order valence-corrected chi connectivity index (χ0v) is 12.3. The molecule has 1 aliphatic heterocycles. The van der Waals surface area contributed by atoms with Crippen LogP contribution in [0.4, 0.5) is 0 Å². The van der Waals surface area contributed by atoms with E-state index in [1.54, 1.807) is 0 Å². The number of pyridine rings is 1. The number of aryl methyl sites for hydroxylation is 1. The number of likely N-dealkylation sites (tertiary alicyclic amines) is 1. The fourth-order valence-electron chi connectivity index (χ4n) is 2.58. The van der Waals surface area contributed by atoms with Gasteiger partial charge >= 0.3 is 0 Å². The largest absolute Gasteiger partial charge is 0.338 e. The van der Waals surface area contributed by atoms with E-state index in [0.717, 1.165) is 17.4 Å². The Morgan fingerprint density at radius 1 is 1.47 bits per heavy atom. The maximum atomic E-state index is 5.21. The Morgan fingerprint density at radius 3 is 3.11 bits per heavy atom. The van der Waals surface area contributed by atoms with Crippen LogP contribution in [0.15, 0.2) is 27.5 Å². The van der Waals surface area contributed by atoms with E-state index in [1.165, 1.54) is 12.0 Å². The molecule has 0 spiro atoms. The Bertz CT molecular complexity index is 571. The topological polar surface area (TPSA) is 55.1 Å². The molecule has 2 aromatic heterocycles. The molecule has 6 heteroatoms. The van der Waals surface area contributed by atoms with Crippen molar-refractivity contribution in [3.8, 4) is 0 Å². The summed E-state index contributed by atoms with van der Waals surface area (Å²) in [5.74, 6) is 1.38. The number of nitrogens with zero attached hydrogens (tertiary/aromatic N) is 4. The third-order valence-corrected chi connectivity index (χ3v) is 3.82. The Hall–Kier alpha value is -1.27. The van der Waals surface area contributed by atoms with Crippen LogP contribution in [-0.2, 0) is 6.54 Å². The summed E-state index contributed by atoms with van der Waals surface area (Å²) < 4.78 is 6.23. The molecule has 0 N–H and O–H groups in total. The molecule has 19 heavy (non-hydrogen) atoms. The number of hydrogen-bond acceptors (Lipinski definition) is 5. The quantitative estimate of drug-likeness (QED) is 0.869. The average molecular weight is 323 g/mol. The summed E-state index contributed by atoms with van der Waals surface area (Å²) in [4.78, 5) is 10.9. The van der Waals surface area contributed by atoms with Gasteiger partial charge in [0.25, 0.3) is 0 Å². The van der Waals surface area contributed by atoms with Gasteiger partial charge in [-0.3, -0.25) is 9.88 Å². The van der Waals surface area contributed by atoms with Crippen molar-refractivity contribution in [3.05, 3.63) is 40.2 Å². The molecule has 1 unspecified atom stereocenters. The zero-order valence-electron chi connectivity index (χ0n) is 10.7. The van der Waals surface area contributed by atoms with Crippen molar-refractivity contribution in [2.24, 2.45) is 0 Å². The van der Waals surface area contributed by atoms with Crippen LogP contribution in [0.5, 0.6) is 0 Å². The summed E-state index contributed by atoms with van der Waals surface area (Å²) in [5, 5.41) is 3.84. The van der Waals surface area contributed by atoms with Gasteiger partial charge in [0.2, 0.25) is 5.89 Å². The van der Waals surface area contributed by atoms with E-state index in [1.807, 2.05) is 19.3 Å². The molecular formula is C13H15BrN4O. The Kier molecular flexibility index (Phi) is 3.61. The first kappa shape index (κ1) is 12.7. The van der Waals surface area contributed by atoms with Crippen molar-refractivity contribution in [1.29, 1.82) is 0 Å². The summed E-state index contributed by atoms with van der Waals surface area (Å²) in [6.07, 6.45) is 6.08. The standard InChI is InChI=1S/C13H15BrN4O/c1-9-16-13(19-17-9)8-18-4-2-3-12(18)10-5-11(14)7-15-6-10/h5-7,12H,2-4,8H2,1H3. The zero-order chi connectivity index (χ0) is 13.2. The highest BCUT2D eigenvalue weighted by Gasteiger charge is 2.27. The fourth-order valence-corrected chi connectivity index (χ4v) is 2.96. The molecule has 0 radical (unpaired) electrons. The molecule has 0 bridgehead atoms. The van der Waals surface area contributed by atoms with Crippen LogP contribution < -0.4 is 0 Å². The van der Waals surface area contributed by atoms with Crippen molar-refractivity contribution < 1.29 is 4.52 Å². The van der Waals surface area contributed by atoms with Gasteiger partial charge in [-0.15, -0.1) is 0 Å². The van der Waals surface area contributed by atoms with Gasteiger partial charge in [0.1, 0.15) is 0 Å². The first-order chi connectivity index (χ1) is 9.22. The molecule has 0 aliphatic carbocycles. The lowest BCUT2D eigenvalue weighted by atomic mass is 10.1. The van der Waals surface area contributed by atoms with Gasteiger partial charge in [-0.25, -0.2) is 0 Å². The maximum absolute atomic E-state index is 5.21. The second kappa shape index (κ2) is 5.38. The Labute approximate surface area is 120 Å². The number of hydrogen-bond donors (Lipinski definition) is 0. The predicted octanol–water partition coefficient (Wildman–Crippen LogP) is 2.87. The smallest absolute Gasteiger partial charge is 0.240 e. The van der Waals surface area contributed by atoms with Gasteiger partial charge in [-0.1, -0.05) is 5.16 Å². The van der Waals surface area contributed by atoms with Gasteiger partial charge in [0.15, 0.2) is 5.82 Å². The van der Waals surface area contributed by atoms with E-state index < -0.39 is 0 Å². The summed E-state index contributed by atoms with van der Waals surface area (Å²) in [6, 6.07) is 2.52. The van der Waals surface area contributed by atoms with Crippen LogP contribution in [0, 0.1) is 6.92 Å². The molecule has 0 saturated carbocycles. The summed E-state index contributed by atoms with van der Waals surface area (Å²) >= 11 is 3.48. The van der Waals surface area contributed by atoms with Crippen LogP contribution >= 0.6 is 15.9 Å². The number of aromatic nitrogens is 3. The first-order valence-corrected chi connectivity index (χ1v) is 7.15. The van der Waals surface area contributed by atoms with Crippen LogP contribution in [0.25, 0.3) is 0 Å². The van der Waals surface area contributed by atoms with E-state index in [9.17, 15) is 0 Å². The summed E-state index contributed by atoms with van der Waals surface area (Å²) in [7, 11) is 0. The highest BCUT2D eigenvalue weighted by atomic mass is 79.9. The van der Waals surface area contributed by atoms with Gasteiger partial charge in [0.05, 0.1) is 6.54 Å². The normalized spacial score (nSPS) is 20.0. The second-order valence-electron chi connectivity index (χ2n) is 4.80. The van der Waals surface area contributed by atoms with Crippen molar-refractivity contribution in [3.63, 3.8) is 0 Å². The van der Waals surface area contributed by atoms with E-state index in [-0.39, 0.29) is 0 Å². The molecule has 0 amide bonds. The maximum Gasteiger partial charge on any atom is 0.240 e. The molecule has 0 aromatic carbocycles. The minimum Gasteiger partial charge on any atom is -0.338 e. The molecular weight excluding hydrogens is 308 g/mol. The van der Waals surface area contributed by atoms with E-state index >= 15 is 0 Å². The average Bonchev–Trinajstić information content (AvgIpc) is 2.99. The van der Waals surface area contributed by atoms with Crippen LogP contribution in [0.1, 0.15) is 36.2 Å². The van der Waals surface area contributed by atoms with E-state index in [4.69, 9.17) is 4.52 Å². The lowest BCUT2D eigenvalue weighted by molar-refractivity contribution is 0.212. The van der Waals surface area contributed by atoms with E-state index in [0.29, 0.717) is 24.3 Å². The van der Waals surface area contributed by atoms with Gasteiger partial charge in [0, 0.05) is 22.9 Å². The van der Waals surface area contributed by atoms with Crippen LogP contribution in [0.2, 0.25) is 0 Å². The Balaban J connectivity index is 1.78. The summed E-state index contributed by atoms with van der Waals surface area (Å²) in [6.45, 7) is 3.60. The first-order valence-electron chi connectivity index (χ1n) is 6.36. The molecule has 5 nitrogen and oxygen atoms in total. The summed E-state index contributed by atoms with van der Waals surface area (Å²) in [5.41, 5.74) is 1.24. The van der Waals surface area contributed by atoms with Crippen molar-refractivity contribution >= 4 is 15.9 Å². The van der Waals surface area contributed by atoms with Crippen LogP contribution in [0.3, 0.4) is 0 Å². The third-order valence-electron chi connectivity index (χ3n) is 3.38. The van der Waals surface area contributed by atoms with Gasteiger partial charge < -0.3 is 4.52 Å². The van der Waals surface area contributed by atoms with Crippen LogP contribution in [-0.4, -0.2) is 26.6 Å². The molecule has 1 atom stereocenters. The lowest BCUT2D eigenvalue weighted by Crippen LogP contribution is -2.23. The number of halogens is 1. The fraction of sp³-hybridized carbons (Fsp3) is 0.462. The monoisotopic (exact) mass is 322 g/mol.